The normalized spacial score (nSPS) is 20.7. The zero-order valence-electron chi connectivity index (χ0n) is 12.9. The smallest absolute Gasteiger partial charge is 0.226 e. The lowest BCUT2D eigenvalue weighted by Crippen LogP contribution is -2.38. The molecule has 0 bridgehead atoms. The molecule has 1 unspecified atom stereocenters. The minimum atomic E-state index is 0.411. The predicted molar refractivity (Wildman–Crippen MR) is 84.8 cm³/mol. The van der Waals surface area contributed by atoms with E-state index in [-0.39, 0.29) is 0 Å². The van der Waals surface area contributed by atoms with E-state index in [9.17, 15) is 0 Å². The fourth-order valence-electron chi connectivity index (χ4n) is 2.95. The molecule has 0 saturated carbocycles. The number of imidazole rings is 1. The first-order chi connectivity index (χ1) is 10.2. The van der Waals surface area contributed by atoms with Crippen LogP contribution in [0.5, 0.6) is 0 Å². The van der Waals surface area contributed by atoms with Crippen molar-refractivity contribution in [1.82, 2.24) is 24.8 Å². The van der Waals surface area contributed by atoms with Gasteiger partial charge >= 0.3 is 0 Å². The van der Waals surface area contributed by atoms with Crippen molar-refractivity contribution >= 4 is 22.9 Å². The highest BCUT2D eigenvalue weighted by molar-refractivity contribution is 5.84. The summed E-state index contributed by atoms with van der Waals surface area (Å²) in [4.78, 5) is 21.4. The Balaban J connectivity index is 2.02. The molecule has 3 heterocycles. The Morgan fingerprint density at radius 1 is 1.38 bits per heavy atom. The average Bonchev–Trinajstić information content (AvgIpc) is 2.84. The maximum Gasteiger partial charge on any atom is 0.226 e. The Bertz CT molecular complexity index is 608. The number of nitrogens with one attached hydrogen (secondary N) is 2. The minimum Gasteiger partial charge on any atom is -0.354 e. The Morgan fingerprint density at radius 3 is 3.05 bits per heavy atom. The molecule has 21 heavy (non-hydrogen) atoms. The number of likely N-dealkylation sites (N-methyl/N-ethyl adjacent to an activating group) is 1. The number of aromatic amines is 1. The zero-order chi connectivity index (χ0) is 14.8. The van der Waals surface area contributed by atoms with Gasteiger partial charge in [-0.15, -0.1) is 0 Å². The third kappa shape index (κ3) is 2.78. The summed E-state index contributed by atoms with van der Waals surface area (Å²) in [5.41, 5.74) is 1.65. The van der Waals surface area contributed by atoms with Gasteiger partial charge < -0.3 is 20.1 Å². The van der Waals surface area contributed by atoms with Crippen LogP contribution >= 0.6 is 0 Å². The van der Waals surface area contributed by atoms with Crippen LogP contribution in [0.2, 0.25) is 0 Å². The van der Waals surface area contributed by atoms with Crippen LogP contribution in [-0.4, -0.2) is 64.1 Å². The molecule has 2 aromatic rings. The maximum atomic E-state index is 4.72. The molecule has 2 aromatic heterocycles. The molecule has 0 aliphatic carbocycles. The van der Waals surface area contributed by atoms with Gasteiger partial charge in [-0.25, -0.2) is 4.98 Å². The van der Waals surface area contributed by atoms with Gasteiger partial charge in [0.25, 0.3) is 0 Å². The molecule has 0 amide bonds. The molecular weight excluding hydrogens is 266 g/mol. The van der Waals surface area contributed by atoms with E-state index in [1.165, 1.54) is 0 Å². The number of hydrogen-bond acceptors (Lipinski definition) is 6. The average molecular weight is 289 g/mol. The Kier molecular flexibility index (Phi) is 3.92. The van der Waals surface area contributed by atoms with Gasteiger partial charge in [-0.2, -0.15) is 9.97 Å². The molecule has 0 aromatic carbocycles. The summed E-state index contributed by atoms with van der Waals surface area (Å²) in [6.07, 6.45) is 2.82. The van der Waals surface area contributed by atoms with Crippen LogP contribution in [0.15, 0.2) is 6.33 Å². The Morgan fingerprint density at radius 2 is 2.24 bits per heavy atom. The van der Waals surface area contributed by atoms with Crippen LogP contribution in [0.25, 0.3) is 11.2 Å². The number of hydrogen-bond donors (Lipinski definition) is 2. The molecular formula is C14H23N7. The van der Waals surface area contributed by atoms with Gasteiger partial charge in [0, 0.05) is 25.7 Å². The van der Waals surface area contributed by atoms with E-state index >= 15 is 0 Å². The van der Waals surface area contributed by atoms with E-state index < -0.39 is 0 Å². The largest absolute Gasteiger partial charge is 0.354 e. The number of fused-ring (bicyclic) bond motifs is 1. The van der Waals surface area contributed by atoms with Gasteiger partial charge in [-0.1, -0.05) is 0 Å². The van der Waals surface area contributed by atoms with Crippen molar-refractivity contribution in [2.45, 2.75) is 26.3 Å². The quantitative estimate of drug-likeness (QED) is 0.888. The first-order valence-electron chi connectivity index (χ1n) is 7.59. The van der Waals surface area contributed by atoms with Gasteiger partial charge in [0.15, 0.2) is 11.5 Å². The monoisotopic (exact) mass is 289 g/mol. The number of rotatable bonds is 3. The number of anilines is 2. The van der Waals surface area contributed by atoms with Crippen molar-refractivity contribution < 1.29 is 0 Å². The van der Waals surface area contributed by atoms with E-state index in [1.54, 1.807) is 6.33 Å². The molecule has 2 N–H and O–H groups in total. The van der Waals surface area contributed by atoms with Crippen molar-refractivity contribution in [3.8, 4) is 0 Å². The lowest BCUT2D eigenvalue weighted by molar-refractivity contribution is 0.337. The predicted octanol–water partition coefficient (Wildman–Crippen LogP) is 1.32. The molecule has 3 rings (SSSR count). The van der Waals surface area contributed by atoms with Crippen LogP contribution in [0, 0.1) is 0 Å². The summed E-state index contributed by atoms with van der Waals surface area (Å²) in [7, 11) is 2.18. The summed E-state index contributed by atoms with van der Waals surface area (Å²) in [6.45, 7) is 8.25. The minimum absolute atomic E-state index is 0.411. The van der Waals surface area contributed by atoms with E-state index in [1.807, 2.05) is 6.92 Å². The Labute approximate surface area is 124 Å². The molecule has 1 aliphatic heterocycles. The summed E-state index contributed by atoms with van der Waals surface area (Å²) in [6, 6.07) is 0.411. The van der Waals surface area contributed by atoms with Gasteiger partial charge in [0.1, 0.15) is 5.52 Å². The van der Waals surface area contributed by atoms with Crippen molar-refractivity contribution in [1.29, 1.82) is 0 Å². The molecule has 114 valence electrons. The van der Waals surface area contributed by atoms with Gasteiger partial charge in [0.05, 0.1) is 6.33 Å². The van der Waals surface area contributed by atoms with Gasteiger partial charge in [0.2, 0.25) is 5.95 Å². The summed E-state index contributed by atoms with van der Waals surface area (Å²) >= 11 is 0. The Hall–Kier alpha value is -1.89. The second kappa shape index (κ2) is 5.85. The standard InChI is InChI=1S/C14H23N7/c1-4-15-14-18-12-11(16-9-17-12)13(19-14)21-7-5-6-20(3)8-10(21)2/h9-10H,4-8H2,1-3H3,(H2,15,16,17,18,19). The molecule has 1 fully saturated rings. The molecule has 0 spiro atoms. The second-order valence-corrected chi connectivity index (χ2v) is 5.66. The van der Waals surface area contributed by atoms with E-state index in [2.05, 4.69) is 44.0 Å². The zero-order valence-corrected chi connectivity index (χ0v) is 12.9. The van der Waals surface area contributed by atoms with Crippen molar-refractivity contribution in [2.24, 2.45) is 0 Å². The molecule has 0 radical (unpaired) electrons. The SMILES string of the molecule is CCNc1nc(N2CCCN(C)CC2C)c2[nH]cnc2n1. The summed E-state index contributed by atoms with van der Waals surface area (Å²) < 4.78 is 0. The van der Waals surface area contributed by atoms with Crippen molar-refractivity contribution in [2.75, 3.05) is 43.4 Å². The van der Waals surface area contributed by atoms with Crippen molar-refractivity contribution in [3.63, 3.8) is 0 Å². The summed E-state index contributed by atoms with van der Waals surface area (Å²) in [5, 5.41) is 3.19. The lowest BCUT2D eigenvalue weighted by atomic mass is 10.2. The molecule has 1 saturated heterocycles. The maximum absolute atomic E-state index is 4.72. The second-order valence-electron chi connectivity index (χ2n) is 5.66. The fraction of sp³-hybridized carbons (Fsp3) is 0.643. The molecule has 1 atom stereocenters. The van der Waals surface area contributed by atoms with E-state index in [0.29, 0.717) is 12.0 Å². The third-order valence-electron chi connectivity index (χ3n) is 3.92. The number of H-pyrrole nitrogens is 1. The highest BCUT2D eigenvalue weighted by Crippen LogP contribution is 2.26. The first kappa shape index (κ1) is 14.1. The van der Waals surface area contributed by atoms with Gasteiger partial charge in [-0.05, 0) is 33.9 Å². The molecule has 7 heteroatoms. The van der Waals surface area contributed by atoms with Crippen LogP contribution in [0.4, 0.5) is 11.8 Å². The van der Waals surface area contributed by atoms with E-state index in [0.717, 1.165) is 49.6 Å². The number of aromatic nitrogens is 4. The fourth-order valence-corrected chi connectivity index (χ4v) is 2.95. The summed E-state index contributed by atoms with van der Waals surface area (Å²) in [5.74, 6) is 1.60. The number of nitrogens with zero attached hydrogens (tertiary/aromatic N) is 5. The van der Waals surface area contributed by atoms with E-state index in [4.69, 9.17) is 4.98 Å². The first-order valence-corrected chi connectivity index (χ1v) is 7.59. The topological polar surface area (TPSA) is 73.0 Å². The molecule has 1 aliphatic rings. The van der Waals surface area contributed by atoms with Gasteiger partial charge in [-0.3, -0.25) is 0 Å². The highest BCUT2D eigenvalue weighted by Gasteiger charge is 2.24. The highest BCUT2D eigenvalue weighted by atomic mass is 15.3. The van der Waals surface area contributed by atoms with Crippen LogP contribution in [0.3, 0.4) is 0 Å². The molecule has 7 nitrogen and oxygen atoms in total. The van der Waals surface area contributed by atoms with Crippen LogP contribution in [0.1, 0.15) is 20.3 Å². The van der Waals surface area contributed by atoms with Crippen molar-refractivity contribution in [3.05, 3.63) is 6.33 Å². The van der Waals surface area contributed by atoms with Crippen LogP contribution < -0.4 is 10.2 Å². The third-order valence-corrected chi connectivity index (χ3v) is 3.92. The lowest BCUT2D eigenvalue weighted by Gasteiger charge is -2.29. The van der Waals surface area contributed by atoms with Crippen LogP contribution in [-0.2, 0) is 0 Å².